The first-order valence-electron chi connectivity index (χ1n) is 5.26. The van der Waals surface area contributed by atoms with E-state index in [9.17, 15) is 0 Å². The van der Waals surface area contributed by atoms with Crippen LogP contribution in [0.25, 0.3) is 0 Å². The van der Waals surface area contributed by atoms with E-state index in [4.69, 9.17) is 4.74 Å². The Hall–Kier alpha value is -0.380. The molecule has 1 aliphatic heterocycles. The van der Waals surface area contributed by atoms with Crippen molar-refractivity contribution >= 4 is 11.3 Å². The topological polar surface area (TPSA) is 12.5 Å². The molecule has 0 aromatic carbocycles. The predicted octanol–water partition coefficient (Wildman–Crippen LogP) is 2.53. The Bertz CT molecular complexity index is 258. The predicted molar refractivity (Wildman–Crippen MR) is 59.7 cm³/mol. The van der Waals surface area contributed by atoms with Gasteiger partial charge in [-0.15, -0.1) is 0 Å². The van der Waals surface area contributed by atoms with Gasteiger partial charge in [0.2, 0.25) is 0 Å². The normalized spacial score (nSPS) is 23.9. The van der Waals surface area contributed by atoms with Crippen molar-refractivity contribution < 1.29 is 4.74 Å². The van der Waals surface area contributed by atoms with Gasteiger partial charge in [-0.05, 0) is 35.4 Å². The number of ether oxygens (including phenoxy) is 1. The largest absolute Gasteiger partial charge is 0.371 e. The molecule has 0 amide bonds. The van der Waals surface area contributed by atoms with Crippen LogP contribution in [0.15, 0.2) is 16.8 Å². The fourth-order valence-electron chi connectivity index (χ4n) is 1.88. The molecule has 1 aromatic heterocycles. The molecule has 2 heterocycles. The van der Waals surface area contributed by atoms with Crippen molar-refractivity contribution in [2.24, 2.45) is 0 Å². The van der Waals surface area contributed by atoms with E-state index in [0.717, 1.165) is 19.7 Å². The van der Waals surface area contributed by atoms with Gasteiger partial charge < -0.3 is 4.74 Å². The molecule has 2 nitrogen and oxygen atoms in total. The molecule has 1 aliphatic rings. The van der Waals surface area contributed by atoms with Crippen LogP contribution in [0.3, 0.4) is 0 Å². The zero-order valence-electron chi connectivity index (χ0n) is 8.61. The van der Waals surface area contributed by atoms with E-state index in [0.29, 0.717) is 6.10 Å². The van der Waals surface area contributed by atoms with Crippen molar-refractivity contribution in [2.45, 2.75) is 19.4 Å². The van der Waals surface area contributed by atoms with Crippen molar-refractivity contribution in [2.75, 3.05) is 26.2 Å². The van der Waals surface area contributed by atoms with Crippen LogP contribution in [0.1, 0.15) is 25.0 Å². The van der Waals surface area contributed by atoms with Crippen LogP contribution < -0.4 is 0 Å². The van der Waals surface area contributed by atoms with E-state index >= 15 is 0 Å². The molecule has 0 saturated carbocycles. The molecular formula is C11H17NOS. The molecule has 0 bridgehead atoms. The molecule has 1 fully saturated rings. The average Bonchev–Trinajstić information content (AvgIpc) is 2.71. The van der Waals surface area contributed by atoms with Crippen LogP contribution in [0.4, 0.5) is 0 Å². The van der Waals surface area contributed by atoms with Gasteiger partial charge in [0, 0.05) is 13.1 Å². The third-order valence-corrected chi connectivity index (χ3v) is 3.31. The average molecular weight is 211 g/mol. The van der Waals surface area contributed by atoms with Gasteiger partial charge in [-0.25, -0.2) is 0 Å². The molecule has 1 atom stereocenters. The summed E-state index contributed by atoms with van der Waals surface area (Å²) in [5, 5.41) is 4.32. The number of morpholine rings is 1. The maximum absolute atomic E-state index is 5.76. The van der Waals surface area contributed by atoms with Gasteiger partial charge in [0.15, 0.2) is 0 Å². The maximum atomic E-state index is 5.76. The lowest BCUT2D eigenvalue weighted by atomic mass is 10.1. The van der Waals surface area contributed by atoms with Gasteiger partial charge in [-0.1, -0.05) is 6.92 Å². The molecule has 0 radical (unpaired) electrons. The van der Waals surface area contributed by atoms with E-state index in [2.05, 4.69) is 28.7 Å². The second kappa shape index (κ2) is 4.91. The van der Waals surface area contributed by atoms with Crippen molar-refractivity contribution in [3.63, 3.8) is 0 Å². The second-order valence-corrected chi connectivity index (χ2v) is 4.50. The third kappa shape index (κ3) is 2.35. The number of hydrogen-bond acceptors (Lipinski definition) is 3. The van der Waals surface area contributed by atoms with Gasteiger partial charge in [-0.2, -0.15) is 11.3 Å². The first-order valence-corrected chi connectivity index (χ1v) is 6.20. The Balaban J connectivity index is 1.94. The van der Waals surface area contributed by atoms with Crippen molar-refractivity contribution in [1.82, 2.24) is 4.90 Å². The summed E-state index contributed by atoms with van der Waals surface area (Å²) < 4.78 is 5.76. The Morgan fingerprint density at radius 1 is 1.64 bits per heavy atom. The van der Waals surface area contributed by atoms with Crippen molar-refractivity contribution in [3.05, 3.63) is 22.4 Å². The molecule has 0 N–H and O–H groups in total. The molecule has 1 aromatic rings. The minimum atomic E-state index is 0.307. The van der Waals surface area contributed by atoms with Crippen LogP contribution in [-0.2, 0) is 4.74 Å². The lowest BCUT2D eigenvalue weighted by Gasteiger charge is -2.32. The fourth-order valence-corrected chi connectivity index (χ4v) is 2.58. The van der Waals surface area contributed by atoms with E-state index in [-0.39, 0.29) is 0 Å². The maximum Gasteiger partial charge on any atom is 0.0960 e. The zero-order valence-corrected chi connectivity index (χ0v) is 9.43. The second-order valence-electron chi connectivity index (χ2n) is 3.72. The number of rotatable bonds is 3. The summed E-state index contributed by atoms with van der Waals surface area (Å²) in [6, 6.07) is 2.17. The van der Waals surface area contributed by atoms with Gasteiger partial charge in [0.25, 0.3) is 0 Å². The summed E-state index contributed by atoms with van der Waals surface area (Å²) in [5.74, 6) is 0. The molecular weight excluding hydrogens is 194 g/mol. The monoisotopic (exact) mass is 211 g/mol. The lowest BCUT2D eigenvalue weighted by Crippen LogP contribution is -2.38. The first kappa shape index (κ1) is 10.1. The molecule has 0 aliphatic carbocycles. The Kier molecular flexibility index (Phi) is 3.56. The summed E-state index contributed by atoms with van der Waals surface area (Å²) in [7, 11) is 0. The van der Waals surface area contributed by atoms with E-state index in [1.54, 1.807) is 11.3 Å². The fraction of sp³-hybridized carbons (Fsp3) is 0.636. The highest BCUT2D eigenvalue weighted by Crippen LogP contribution is 2.23. The Morgan fingerprint density at radius 3 is 3.29 bits per heavy atom. The zero-order chi connectivity index (χ0) is 9.80. The van der Waals surface area contributed by atoms with Crippen LogP contribution in [0, 0.1) is 0 Å². The quantitative estimate of drug-likeness (QED) is 0.762. The number of hydrogen-bond donors (Lipinski definition) is 0. The van der Waals surface area contributed by atoms with Gasteiger partial charge in [-0.3, -0.25) is 4.90 Å². The lowest BCUT2D eigenvalue weighted by molar-refractivity contribution is -0.0296. The summed E-state index contributed by atoms with van der Waals surface area (Å²) in [5.41, 5.74) is 1.34. The molecule has 1 unspecified atom stereocenters. The molecule has 2 rings (SSSR count). The Morgan fingerprint density at radius 2 is 2.57 bits per heavy atom. The smallest absolute Gasteiger partial charge is 0.0960 e. The number of nitrogens with zero attached hydrogens (tertiary/aromatic N) is 1. The summed E-state index contributed by atoms with van der Waals surface area (Å²) in [4.78, 5) is 2.49. The summed E-state index contributed by atoms with van der Waals surface area (Å²) in [6.45, 7) is 6.46. The Labute approximate surface area is 89.5 Å². The highest BCUT2D eigenvalue weighted by molar-refractivity contribution is 7.07. The summed E-state index contributed by atoms with van der Waals surface area (Å²) in [6.07, 6.45) is 1.54. The third-order valence-electron chi connectivity index (χ3n) is 2.61. The molecule has 0 spiro atoms. The van der Waals surface area contributed by atoms with Gasteiger partial charge >= 0.3 is 0 Å². The highest BCUT2D eigenvalue weighted by Gasteiger charge is 2.21. The number of thiophene rings is 1. The standard InChI is InChI=1S/C11H17NOS/c1-2-4-12-5-6-13-11(8-12)10-3-7-14-9-10/h3,7,9,11H,2,4-6,8H2,1H3. The molecule has 3 heteroatoms. The van der Waals surface area contributed by atoms with Crippen LogP contribution in [0.5, 0.6) is 0 Å². The summed E-state index contributed by atoms with van der Waals surface area (Å²) >= 11 is 1.75. The van der Waals surface area contributed by atoms with Crippen molar-refractivity contribution in [3.8, 4) is 0 Å². The van der Waals surface area contributed by atoms with E-state index < -0.39 is 0 Å². The first-order chi connectivity index (χ1) is 6.90. The highest BCUT2D eigenvalue weighted by atomic mass is 32.1. The molecule has 1 saturated heterocycles. The van der Waals surface area contributed by atoms with Crippen LogP contribution in [-0.4, -0.2) is 31.1 Å². The minimum Gasteiger partial charge on any atom is -0.371 e. The van der Waals surface area contributed by atoms with Gasteiger partial charge in [0.05, 0.1) is 12.7 Å². The van der Waals surface area contributed by atoms with Gasteiger partial charge in [0.1, 0.15) is 0 Å². The SMILES string of the molecule is CCCN1CCOC(c2ccsc2)C1. The van der Waals surface area contributed by atoms with Crippen LogP contribution in [0.2, 0.25) is 0 Å². The molecule has 78 valence electrons. The van der Waals surface area contributed by atoms with E-state index in [1.807, 2.05) is 0 Å². The minimum absolute atomic E-state index is 0.307. The van der Waals surface area contributed by atoms with Crippen molar-refractivity contribution in [1.29, 1.82) is 0 Å². The van der Waals surface area contributed by atoms with Crippen LogP contribution >= 0.6 is 11.3 Å². The van der Waals surface area contributed by atoms with E-state index in [1.165, 1.54) is 18.5 Å². The molecule has 14 heavy (non-hydrogen) atoms.